The van der Waals surface area contributed by atoms with Crippen molar-refractivity contribution in [1.82, 2.24) is 5.32 Å². The van der Waals surface area contributed by atoms with Gasteiger partial charge in [-0.1, -0.05) is 0 Å². The molecule has 1 heterocycles. The minimum Gasteiger partial charge on any atom is -0.378 e. The van der Waals surface area contributed by atoms with E-state index >= 15 is 0 Å². The standard InChI is InChI=1S/C21H21F3N4O5/c22-21(23,24)15-3-6-18(27-9-11-33-12-10-27)17(13-15)26-19(29)7-8-25-20(30)14-1-4-16(5-2-14)28(31)32/h1-6,13H,7-12H2,(H,25,30)(H,26,29). The number of rotatable bonds is 7. The van der Waals surface area contributed by atoms with E-state index in [1.165, 1.54) is 30.3 Å². The lowest BCUT2D eigenvalue weighted by molar-refractivity contribution is -0.384. The van der Waals surface area contributed by atoms with E-state index in [1.807, 2.05) is 4.90 Å². The van der Waals surface area contributed by atoms with Gasteiger partial charge in [-0.3, -0.25) is 19.7 Å². The zero-order valence-electron chi connectivity index (χ0n) is 17.4. The number of non-ortho nitro benzene ring substituents is 1. The van der Waals surface area contributed by atoms with E-state index in [4.69, 9.17) is 4.74 Å². The number of carbonyl (C=O) groups is 2. The van der Waals surface area contributed by atoms with Crippen molar-refractivity contribution in [3.63, 3.8) is 0 Å². The van der Waals surface area contributed by atoms with Crippen molar-refractivity contribution < 1.29 is 32.4 Å². The Balaban J connectivity index is 1.62. The zero-order chi connectivity index (χ0) is 24.0. The van der Waals surface area contributed by atoms with Crippen LogP contribution in [0.5, 0.6) is 0 Å². The average molecular weight is 466 g/mol. The number of halogens is 3. The third-order valence-electron chi connectivity index (χ3n) is 4.93. The number of nitrogens with one attached hydrogen (secondary N) is 2. The van der Waals surface area contributed by atoms with Gasteiger partial charge < -0.3 is 20.3 Å². The largest absolute Gasteiger partial charge is 0.416 e. The molecule has 0 aromatic heterocycles. The van der Waals surface area contributed by atoms with Crippen LogP contribution >= 0.6 is 0 Å². The molecule has 0 bridgehead atoms. The van der Waals surface area contributed by atoms with E-state index in [0.29, 0.717) is 32.0 Å². The maximum atomic E-state index is 13.2. The predicted molar refractivity (Wildman–Crippen MR) is 113 cm³/mol. The summed E-state index contributed by atoms with van der Waals surface area (Å²) in [4.78, 5) is 36.4. The number of hydrogen-bond donors (Lipinski definition) is 2. The number of nitro groups is 1. The Kier molecular flexibility index (Phi) is 7.48. The third-order valence-corrected chi connectivity index (χ3v) is 4.93. The Morgan fingerprint density at radius 1 is 1.09 bits per heavy atom. The van der Waals surface area contributed by atoms with Gasteiger partial charge in [0.2, 0.25) is 5.91 Å². The molecule has 176 valence electrons. The normalized spacial score (nSPS) is 14.0. The molecule has 2 amide bonds. The molecule has 0 aliphatic carbocycles. The lowest BCUT2D eigenvalue weighted by Gasteiger charge is -2.31. The SMILES string of the molecule is O=C(CCNC(=O)c1ccc([N+](=O)[O-])cc1)Nc1cc(C(F)(F)F)ccc1N1CCOCC1. The Bertz CT molecular complexity index is 1020. The first-order chi connectivity index (χ1) is 15.6. The van der Waals surface area contributed by atoms with Gasteiger partial charge in [-0.15, -0.1) is 0 Å². The second kappa shape index (κ2) is 10.3. The smallest absolute Gasteiger partial charge is 0.378 e. The fourth-order valence-electron chi connectivity index (χ4n) is 3.23. The second-order valence-electron chi connectivity index (χ2n) is 7.19. The third kappa shape index (κ3) is 6.42. The summed E-state index contributed by atoms with van der Waals surface area (Å²) in [5.41, 5.74) is -0.397. The Morgan fingerprint density at radius 3 is 2.36 bits per heavy atom. The summed E-state index contributed by atoms with van der Waals surface area (Å²) in [5.74, 6) is -1.11. The average Bonchev–Trinajstić information content (AvgIpc) is 2.79. The highest BCUT2D eigenvalue weighted by atomic mass is 19.4. The van der Waals surface area contributed by atoms with Crippen molar-refractivity contribution in [2.75, 3.05) is 43.1 Å². The van der Waals surface area contributed by atoms with Gasteiger partial charge in [0.05, 0.1) is 35.1 Å². The summed E-state index contributed by atoms with van der Waals surface area (Å²) in [6.45, 7) is 1.71. The van der Waals surface area contributed by atoms with Gasteiger partial charge in [-0.25, -0.2) is 0 Å². The number of hydrogen-bond acceptors (Lipinski definition) is 6. The van der Waals surface area contributed by atoms with Gasteiger partial charge in [-0.05, 0) is 30.3 Å². The van der Waals surface area contributed by atoms with Gasteiger partial charge >= 0.3 is 6.18 Å². The number of nitro benzene ring substituents is 1. The summed E-state index contributed by atoms with van der Waals surface area (Å²) < 4.78 is 44.8. The predicted octanol–water partition coefficient (Wildman–Crippen LogP) is 3.21. The molecule has 1 aliphatic rings. The summed E-state index contributed by atoms with van der Waals surface area (Å²) >= 11 is 0. The van der Waals surface area contributed by atoms with Gasteiger partial charge in [0, 0.05) is 43.8 Å². The monoisotopic (exact) mass is 466 g/mol. The van der Waals surface area contributed by atoms with Crippen LogP contribution in [0.4, 0.5) is 30.2 Å². The number of amides is 2. The van der Waals surface area contributed by atoms with E-state index in [-0.39, 0.29) is 29.9 Å². The fraction of sp³-hybridized carbons (Fsp3) is 0.333. The molecule has 9 nitrogen and oxygen atoms in total. The molecule has 3 rings (SSSR count). The van der Waals surface area contributed by atoms with E-state index < -0.39 is 28.5 Å². The van der Waals surface area contributed by atoms with Crippen LogP contribution in [0.15, 0.2) is 42.5 Å². The van der Waals surface area contributed by atoms with E-state index in [1.54, 1.807) is 0 Å². The molecule has 0 saturated carbocycles. The van der Waals surface area contributed by atoms with Crippen LogP contribution in [-0.2, 0) is 15.7 Å². The van der Waals surface area contributed by atoms with Gasteiger partial charge in [-0.2, -0.15) is 13.2 Å². The van der Waals surface area contributed by atoms with Gasteiger partial charge in [0.15, 0.2) is 0 Å². The van der Waals surface area contributed by atoms with E-state index in [2.05, 4.69) is 10.6 Å². The van der Waals surface area contributed by atoms with Crippen LogP contribution < -0.4 is 15.5 Å². The molecule has 2 N–H and O–H groups in total. The minimum absolute atomic E-state index is 0.0263. The van der Waals surface area contributed by atoms with Crippen molar-refractivity contribution in [1.29, 1.82) is 0 Å². The molecule has 0 atom stereocenters. The molecule has 2 aromatic rings. The zero-order valence-corrected chi connectivity index (χ0v) is 17.4. The molecule has 1 aliphatic heterocycles. The molecular formula is C21H21F3N4O5. The van der Waals surface area contributed by atoms with E-state index in [9.17, 15) is 32.9 Å². The molecule has 0 unspecified atom stereocenters. The molecule has 2 aromatic carbocycles. The Morgan fingerprint density at radius 2 is 1.76 bits per heavy atom. The van der Waals surface area contributed by atoms with Crippen LogP contribution in [0.2, 0.25) is 0 Å². The molecule has 0 radical (unpaired) electrons. The van der Waals surface area contributed by atoms with Crippen LogP contribution in [0.25, 0.3) is 0 Å². The molecule has 12 heteroatoms. The number of nitrogens with zero attached hydrogens (tertiary/aromatic N) is 2. The van der Waals surface area contributed by atoms with Crippen LogP contribution in [0.1, 0.15) is 22.3 Å². The van der Waals surface area contributed by atoms with Crippen molar-refractivity contribution in [3.05, 3.63) is 63.7 Å². The lowest BCUT2D eigenvalue weighted by Crippen LogP contribution is -2.37. The summed E-state index contributed by atoms with van der Waals surface area (Å²) in [6.07, 6.45) is -4.75. The molecule has 1 fully saturated rings. The Labute approximate surface area is 186 Å². The number of alkyl halides is 3. The maximum Gasteiger partial charge on any atom is 0.416 e. The summed E-state index contributed by atoms with van der Waals surface area (Å²) in [7, 11) is 0. The van der Waals surface area contributed by atoms with Crippen LogP contribution in [0.3, 0.4) is 0 Å². The van der Waals surface area contributed by atoms with Gasteiger partial charge in [0.1, 0.15) is 0 Å². The highest BCUT2D eigenvalue weighted by Crippen LogP contribution is 2.35. The lowest BCUT2D eigenvalue weighted by atomic mass is 10.1. The number of carbonyl (C=O) groups excluding carboxylic acids is 2. The summed E-state index contributed by atoms with van der Waals surface area (Å²) in [6, 6.07) is 8.10. The number of morpholine rings is 1. The molecule has 0 spiro atoms. The van der Waals surface area contributed by atoms with Crippen LogP contribution in [-0.4, -0.2) is 49.6 Å². The highest BCUT2D eigenvalue weighted by Gasteiger charge is 2.32. The number of anilines is 2. The minimum atomic E-state index is -4.57. The van der Waals surface area contributed by atoms with Gasteiger partial charge in [0.25, 0.3) is 11.6 Å². The first kappa shape index (κ1) is 24.0. The number of ether oxygens (including phenoxy) is 1. The maximum absolute atomic E-state index is 13.2. The number of benzene rings is 2. The molecule has 1 saturated heterocycles. The molecule has 33 heavy (non-hydrogen) atoms. The molecular weight excluding hydrogens is 445 g/mol. The first-order valence-corrected chi connectivity index (χ1v) is 10.0. The Hall–Kier alpha value is -3.67. The van der Waals surface area contributed by atoms with Crippen molar-refractivity contribution in [3.8, 4) is 0 Å². The quantitative estimate of drug-likeness (QED) is 0.479. The van der Waals surface area contributed by atoms with Crippen molar-refractivity contribution in [2.45, 2.75) is 12.6 Å². The van der Waals surface area contributed by atoms with Crippen molar-refractivity contribution >= 4 is 28.9 Å². The topological polar surface area (TPSA) is 114 Å². The highest BCUT2D eigenvalue weighted by molar-refractivity contribution is 5.96. The van der Waals surface area contributed by atoms with Crippen molar-refractivity contribution in [2.24, 2.45) is 0 Å². The summed E-state index contributed by atoms with van der Waals surface area (Å²) in [5, 5.41) is 15.7. The van der Waals surface area contributed by atoms with E-state index in [0.717, 1.165) is 12.1 Å². The second-order valence-corrected chi connectivity index (χ2v) is 7.19. The fourth-order valence-corrected chi connectivity index (χ4v) is 3.23. The van der Waals surface area contributed by atoms with Crippen LogP contribution in [0, 0.1) is 10.1 Å². The first-order valence-electron chi connectivity index (χ1n) is 10.0.